The molecule has 0 radical (unpaired) electrons. The fourth-order valence-corrected chi connectivity index (χ4v) is 4.43. The molecule has 0 aliphatic carbocycles. The lowest BCUT2D eigenvalue weighted by molar-refractivity contribution is 0.174. The summed E-state index contributed by atoms with van der Waals surface area (Å²) in [5.41, 5.74) is 1.31. The van der Waals surface area contributed by atoms with Gasteiger partial charge in [-0.1, -0.05) is 27.7 Å². The van der Waals surface area contributed by atoms with E-state index in [9.17, 15) is 4.79 Å². The van der Waals surface area contributed by atoms with Gasteiger partial charge in [0, 0.05) is 36.7 Å². The van der Waals surface area contributed by atoms with Gasteiger partial charge in [0.05, 0.1) is 12.1 Å². The van der Waals surface area contributed by atoms with Crippen molar-refractivity contribution in [2.45, 2.75) is 40.7 Å². The summed E-state index contributed by atoms with van der Waals surface area (Å²) < 4.78 is 10.9. The molecule has 0 unspecified atom stereocenters. The summed E-state index contributed by atoms with van der Waals surface area (Å²) in [5.74, 6) is 1.36. The van der Waals surface area contributed by atoms with Gasteiger partial charge in [-0.15, -0.1) is 0 Å². The largest absolute Gasteiger partial charge is 0.454 e. The lowest BCUT2D eigenvalue weighted by atomic mass is 10.1. The Bertz CT molecular complexity index is 1000. The van der Waals surface area contributed by atoms with E-state index in [1.165, 1.54) is 0 Å². The van der Waals surface area contributed by atoms with E-state index >= 15 is 0 Å². The van der Waals surface area contributed by atoms with Crippen molar-refractivity contribution in [3.05, 3.63) is 34.1 Å². The summed E-state index contributed by atoms with van der Waals surface area (Å²) in [6.07, 6.45) is 1.02. The van der Waals surface area contributed by atoms with Gasteiger partial charge in [0.1, 0.15) is 0 Å². The zero-order chi connectivity index (χ0) is 24.5. The fourth-order valence-electron chi connectivity index (χ4n) is 4.17. The highest BCUT2D eigenvalue weighted by molar-refractivity contribution is 7.80. The van der Waals surface area contributed by atoms with Crippen LogP contribution in [-0.2, 0) is 6.54 Å². The van der Waals surface area contributed by atoms with Crippen molar-refractivity contribution in [2.24, 2.45) is 0 Å². The van der Waals surface area contributed by atoms with E-state index in [4.69, 9.17) is 21.7 Å². The predicted molar refractivity (Wildman–Crippen MR) is 142 cm³/mol. The molecular weight excluding hydrogens is 450 g/mol. The quantitative estimate of drug-likeness (QED) is 0.329. The number of aromatic nitrogens is 1. The molecule has 8 nitrogen and oxygen atoms in total. The Balaban J connectivity index is 1.72. The second-order valence-electron chi connectivity index (χ2n) is 8.48. The van der Waals surface area contributed by atoms with Crippen molar-refractivity contribution in [1.29, 1.82) is 0 Å². The van der Waals surface area contributed by atoms with Crippen molar-refractivity contribution in [3.8, 4) is 11.5 Å². The Kier molecular flexibility index (Phi) is 9.98. The van der Waals surface area contributed by atoms with Crippen LogP contribution in [-0.4, -0.2) is 83.9 Å². The number of nitrogens with zero attached hydrogens (tertiary/aromatic N) is 3. The van der Waals surface area contributed by atoms with E-state index in [1.807, 2.05) is 18.2 Å². The molecule has 2 aromatic rings. The molecule has 1 aliphatic heterocycles. The standard InChI is InChI=1S/C25H39N5O3S/c1-5-28(6-2)11-9-10-26-25(34)30(13-12-29(7-3)8-4)17-20-14-19-15-22-23(33-18-32-22)16-21(19)27-24(20)31/h14-16H,5-13,17-18H2,1-4H3,(H,26,34)(H,27,31). The van der Waals surface area contributed by atoms with Gasteiger partial charge in [-0.3, -0.25) is 4.79 Å². The van der Waals surface area contributed by atoms with E-state index in [0.717, 1.165) is 69.7 Å². The molecule has 188 valence electrons. The number of H-pyrrole nitrogens is 1. The van der Waals surface area contributed by atoms with Crippen LogP contribution in [0.15, 0.2) is 23.0 Å². The van der Waals surface area contributed by atoms with Crippen LogP contribution in [0.5, 0.6) is 11.5 Å². The average Bonchev–Trinajstić information content (AvgIpc) is 3.30. The van der Waals surface area contributed by atoms with E-state index in [-0.39, 0.29) is 12.4 Å². The van der Waals surface area contributed by atoms with Crippen LogP contribution in [0.25, 0.3) is 10.9 Å². The Morgan fingerprint density at radius 2 is 1.62 bits per heavy atom. The fraction of sp³-hybridized carbons (Fsp3) is 0.600. The summed E-state index contributed by atoms with van der Waals surface area (Å²) in [4.78, 5) is 22.8. The maximum atomic E-state index is 12.9. The maximum Gasteiger partial charge on any atom is 0.253 e. The smallest absolute Gasteiger partial charge is 0.253 e. The summed E-state index contributed by atoms with van der Waals surface area (Å²) in [7, 11) is 0. The van der Waals surface area contributed by atoms with Crippen molar-refractivity contribution in [2.75, 3.05) is 59.2 Å². The summed E-state index contributed by atoms with van der Waals surface area (Å²) >= 11 is 5.77. The zero-order valence-electron chi connectivity index (χ0n) is 21.0. The zero-order valence-corrected chi connectivity index (χ0v) is 21.8. The molecule has 1 aliphatic rings. The Hall–Kier alpha value is -2.36. The highest BCUT2D eigenvalue weighted by Gasteiger charge is 2.18. The summed E-state index contributed by atoms with van der Waals surface area (Å²) in [6, 6.07) is 5.67. The second-order valence-corrected chi connectivity index (χ2v) is 8.86. The number of aromatic amines is 1. The number of likely N-dealkylation sites (N-methyl/N-ethyl adjacent to an activating group) is 1. The van der Waals surface area contributed by atoms with Gasteiger partial charge in [0.15, 0.2) is 16.6 Å². The summed E-state index contributed by atoms with van der Waals surface area (Å²) in [5, 5.41) is 5.03. The van der Waals surface area contributed by atoms with E-state index in [1.54, 1.807) is 0 Å². The molecule has 0 spiro atoms. The number of fused-ring (bicyclic) bond motifs is 2. The molecule has 2 N–H and O–H groups in total. The van der Waals surface area contributed by atoms with Crippen molar-refractivity contribution < 1.29 is 9.47 Å². The molecule has 34 heavy (non-hydrogen) atoms. The Morgan fingerprint density at radius 1 is 0.971 bits per heavy atom. The molecule has 0 fully saturated rings. The number of thiocarbonyl (C=S) groups is 1. The van der Waals surface area contributed by atoms with Crippen LogP contribution >= 0.6 is 12.2 Å². The maximum absolute atomic E-state index is 12.9. The van der Waals surface area contributed by atoms with Crippen LogP contribution in [0, 0.1) is 0 Å². The van der Waals surface area contributed by atoms with E-state index < -0.39 is 0 Å². The monoisotopic (exact) mass is 489 g/mol. The van der Waals surface area contributed by atoms with Crippen LogP contribution < -0.4 is 20.3 Å². The topological polar surface area (TPSA) is 73.1 Å². The highest BCUT2D eigenvalue weighted by atomic mass is 32.1. The first-order valence-electron chi connectivity index (χ1n) is 12.4. The molecular formula is C25H39N5O3S. The summed E-state index contributed by atoms with van der Waals surface area (Å²) in [6.45, 7) is 16.9. The van der Waals surface area contributed by atoms with E-state index in [2.05, 4.69) is 52.7 Å². The SMILES string of the molecule is CCN(CC)CCCNC(=S)N(CCN(CC)CC)Cc1cc2cc3c(cc2[nH]c1=O)OCO3. The van der Waals surface area contributed by atoms with Gasteiger partial charge in [-0.25, -0.2) is 0 Å². The molecule has 1 aromatic carbocycles. The lowest BCUT2D eigenvalue weighted by Gasteiger charge is -2.29. The first-order chi connectivity index (χ1) is 16.5. The normalized spacial score (nSPS) is 12.6. The first-order valence-corrected chi connectivity index (χ1v) is 12.8. The predicted octanol–water partition coefficient (Wildman–Crippen LogP) is 3.01. The molecule has 0 saturated heterocycles. The van der Waals surface area contributed by atoms with Gasteiger partial charge in [-0.2, -0.15) is 0 Å². The molecule has 0 bridgehead atoms. The van der Waals surface area contributed by atoms with Gasteiger partial charge >= 0.3 is 0 Å². The number of pyridine rings is 1. The van der Waals surface area contributed by atoms with Gasteiger partial charge in [0.2, 0.25) is 6.79 Å². The van der Waals surface area contributed by atoms with Crippen LogP contribution in [0.2, 0.25) is 0 Å². The minimum Gasteiger partial charge on any atom is -0.454 e. The third-order valence-electron chi connectivity index (χ3n) is 6.47. The van der Waals surface area contributed by atoms with Crippen LogP contribution in [0.3, 0.4) is 0 Å². The number of hydrogen-bond donors (Lipinski definition) is 2. The van der Waals surface area contributed by atoms with E-state index in [0.29, 0.717) is 28.7 Å². The number of hydrogen-bond acceptors (Lipinski definition) is 6. The molecule has 2 heterocycles. The third kappa shape index (κ3) is 6.84. The Labute approximate surface area is 208 Å². The molecule has 1 aromatic heterocycles. The number of rotatable bonds is 13. The molecule has 0 saturated carbocycles. The molecule has 0 amide bonds. The van der Waals surface area contributed by atoms with Crippen LogP contribution in [0.1, 0.15) is 39.7 Å². The third-order valence-corrected chi connectivity index (χ3v) is 6.87. The van der Waals surface area contributed by atoms with Gasteiger partial charge in [0.25, 0.3) is 5.56 Å². The highest BCUT2D eigenvalue weighted by Crippen LogP contribution is 2.35. The minimum atomic E-state index is -0.108. The average molecular weight is 490 g/mol. The lowest BCUT2D eigenvalue weighted by Crippen LogP contribution is -2.44. The van der Waals surface area contributed by atoms with Crippen molar-refractivity contribution in [3.63, 3.8) is 0 Å². The molecule has 0 atom stereocenters. The number of ether oxygens (including phenoxy) is 2. The first kappa shape index (κ1) is 26.2. The van der Waals surface area contributed by atoms with Crippen molar-refractivity contribution >= 4 is 28.2 Å². The minimum absolute atomic E-state index is 0.108. The number of benzene rings is 1. The van der Waals surface area contributed by atoms with Crippen molar-refractivity contribution in [1.82, 2.24) is 25.0 Å². The second kappa shape index (κ2) is 12.9. The molecule has 9 heteroatoms. The molecule has 3 rings (SSSR count). The van der Waals surface area contributed by atoms with Gasteiger partial charge < -0.3 is 34.5 Å². The number of nitrogens with one attached hydrogen (secondary N) is 2. The van der Waals surface area contributed by atoms with Crippen LogP contribution in [0.4, 0.5) is 0 Å². The Morgan fingerprint density at radius 3 is 2.29 bits per heavy atom. The van der Waals surface area contributed by atoms with Gasteiger partial charge in [-0.05, 0) is 63.5 Å².